The van der Waals surface area contributed by atoms with Crippen LogP contribution in [0.15, 0.2) is 12.2 Å². The summed E-state index contributed by atoms with van der Waals surface area (Å²) in [5.74, 6) is 5.72. The van der Waals surface area contributed by atoms with E-state index >= 15 is 0 Å². The highest BCUT2D eigenvalue weighted by Crippen LogP contribution is 2.18. The van der Waals surface area contributed by atoms with Gasteiger partial charge in [0, 0.05) is 20.0 Å². The van der Waals surface area contributed by atoms with E-state index in [1.165, 1.54) is 6.92 Å². The van der Waals surface area contributed by atoms with E-state index in [-0.39, 0.29) is 5.97 Å². The number of carbonyl (C=O) groups excluding carboxylic acids is 1. The van der Waals surface area contributed by atoms with Crippen LogP contribution in [0.5, 0.6) is 0 Å². The maximum Gasteiger partial charge on any atom is 0.304 e. The minimum atomic E-state index is -0.891. The molecule has 0 amide bonds. The molecule has 4 nitrogen and oxygen atoms in total. The average Bonchev–Trinajstić information content (AvgIpc) is 2.29. The summed E-state index contributed by atoms with van der Waals surface area (Å²) < 4.78 is 10.5. The fraction of sp³-hybridized carbons (Fsp3) is 0.643. The number of esters is 1. The van der Waals surface area contributed by atoms with E-state index in [1.54, 1.807) is 6.92 Å². The number of morpholine rings is 1. The van der Waals surface area contributed by atoms with Crippen LogP contribution in [0.2, 0.25) is 0 Å². The lowest BCUT2D eigenvalue weighted by molar-refractivity contribution is -0.147. The summed E-state index contributed by atoms with van der Waals surface area (Å²) in [4.78, 5) is 13.3. The summed E-state index contributed by atoms with van der Waals surface area (Å²) in [6.45, 7) is 12.7. The van der Waals surface area contributed by atoms with E-state index in [0.717, 1.165) is 31.9 Å². The Morgan fingerprint density at radius 2 is 2.06 bits per heavy atom. The van der Waals surface area contributed by atoms with Crippen LogP contribution in [0.3, 0.4) is 0 Å². The van der Waals surface area contributed by atoms with Crippen LogP contribution < -0.4 is 0 Å². The first-order chi connectivity index (χ1) is 8.44. The van der Waals surface area contributed by atoms with Gasteiger partial charge in [0.15, 0.2) is 5.60 Å². The van der Waals surface area contributed by atoms with Crippen LogP contribution in [0.25, 0.3) is 0 Å². The second-order valence-electron chi connectivity index (χ2n) is 4.60. The summed E-state index contributed by atoms with van der Waals surface area (Å²) in [6.07, 6.45) is 0. The molecule has 4 heteroatoms. The molecule has 0 N–H and O–H groups in total. The third-order valence-electron chi connectivity index (χ3n) is 2.90. The Bertz CT molecular complexity index is 374. The SMILES string of the molecule is C=C(C)[C@](C)(C#CCN1CCOCC1)OC(C)=O. The molecule has 1 aliphatic rings. The maximum atomic E-state index is 11.1. The molecular formula is C14H21NO3. The van der Waals surface area contributed by atoms with Crippen molar-refractivity contribution in [3.8, 4) is 11.8 Å². The van der Waals surface area contributed by atoms with Gasteiger partial charge in [0.25, 0.3) is 0 Å². The minimum absolute atomic E-state index is 0.346. The molecule has 100 valence electrons. The lowest BCUT2D eigenvalue weighted by Crippen LogP contribution is -2.37. The van der Waals surface area contributed by atoms with E-state index < -0.39 is 5.60 Å². The van der Waals surface area contributed by atoms with E-state index in [1.807, 2.05) is 6.92 Å². The smallest absolute Gasteiger partial charge is 0.304 e. The number of carbonyl (C=O) groups is 1. The quantitative estimate of drug-likeness (QED) is 0.429. The van der Waals surface area contributed by atoms with Crippen LogP contribution in [0.4, 0.5) is 0 Å². The second kappa shape index (κ2) is 6.58. The Labute approximate surface area is 109 Å². The van der Waals surface area contributed by atoms with Crippen molar-refractivity contribution in [2.45, 2.75) is 26.4 Å². The van der Waals surface area contributed by atoms with Gasteiger partial charge in [-0.25, -0.2) is 0 Å². The van der Waals surface area contributed by atoms with Crippen molar-refractivity contribution in [2.75, 3.05) is 32.8 Å². The minimum Gasteiger partial charge on any atom is -0.442 e. The van der Waals surface area contributed by atoms with Gasteiger partial charge in [0.2, 0.25) is 0 Å². The zero-order valence-corrected chi connectivity index (χ0v) is 11.4. The molecule has 1 saturated heterocycles. The molecule has 0 spiro atoms. The van der Waals surface area contributed by atoms with Crippen molar-refractivity contribution in [1.29, 1.82) is 0 Å². The van der Waals surface area contributed by atoms with Crippen LogP contribution in [0, 0.1) is 11.8 Å². The molecule has 0 saturated carbocycles. The number of hydrogen-bond donors (Lipinski definition) is 0. The largest absolute Gasteiger partial charge is 0.442 e. The maximum absolute atomic E-state index is 11.1. The molecule has 0 aromatic rings. The van der Waals surface area contributed by atoms with Gasteiger partial charge in [0.05, 0.1) is 19.8 Å². The summed E-state index contributed by atoms with van der Waals surface area (Å²) >= 11 is 0. The van der Waals surface area contributed by atoms with Crippen LogP contribution >= 0.6 is 0 Å². The molecule has 0 unspecified atom stereocenters. The molecule has 0 aromatic carbocycles. The van der Waals surface area contributed by atoms with E-state index in [2.05, 4.69) is 23.3 Å². The van der Waals surface area contributed by atoms with Crippen LogP contribution in [-0.4, -0.2) is 49.3 Å². The van der Waals surface area contributed by atoms with Crippen molar-refractivity contribution in [3.63, 3.8) is 0 Å². The van der Waals surface area contributed by atoms with E-state index in [9.17, 15) is 4.79 Å². The molecule has 0 bridgehead atoms. The van der Waals surface area contributed by atoms with Gasteiger partial charge in [-0.1, -0.05) is 12.5 Å². The standard InChI is InChI=1S/C14H21NO3/c1-12(2)14(4,18-13(3)16)6-5-7-15-8-10-17-11-9-15/h1,7-11H2,2-4H3/t14-/m0/s1. The van der Waals surface area contributed by atoms with Gasteiger partial charge in [-0.05, 0) is 25.3 Å². The van der Waals surface area contributed by atoms with Crippen molar-refractivity contribution >= 4 is 5.97 Å². The third kappa shape index (κ3) is 4.52. The normalized spacial score (nSPS) is 19.3. The van der Waals surface area contributed by atoms with Crippen molar-refractivity contribution in [2.24, 2.45) is 0 Å². The number of rotatable bonds is 3. The van der Waals surface area contributed by atoms with Gasteiger partial charge in [-0.2, -0.15) is 0 Å². The Balaban J connectivity index is 2.60. The first-order valence-electron chi connectivity index (χ1n) is 6.10. The monoisotopic (exact) mass is 251 g/mol. The van der Waals surface area contributed by atoms with Gasteiger partial charge in [0.1, 0.15) is 0 Å². The van der Waals surface area contributed by atoms with E-state index in [0.29, 0.717) is 6.54 Å². The van der Waals surface area contributed by atoms with Crippen molar-refractivity contribution in [1.82, 2.24) is 4.90 Å². The fourth-order valence-corrected chi connectivity index (χ4v) is 1.59. The number of nitrogens with zero attached hydrogens (tertiary/aromatic N) is 1. The van der Waals surface area contributed by atoms with Crippen molar-refractivity contribution < 1.29 is 14.3 Å². The second-order valence-corrected chi connectivity index (χ2v) is 4.60. The lowest BCUT2D eigenvalue weighted by Gasteiger charge is -2.25. The molecule has 0 radical (unpaired) electrons. The highest BCUT2D eigenvalue weighted by atomic mass is 16.6. The average molecular weight is 251 g/mol. The number of ether oxygens (including phenoxy) is 2. The summed E-state index contributed by atoms with van der Waals surface area (Å²) in [7, 11) is 0. The third-order valence-corrected chi connectivity index (χ3v) is 2.90. The molecule has 0 aliphatic carbocycles. The van der Waals surface area contributed by atoms with Gasteiger partial charge >= 0.3 is 5.97 Å². The molecule has 1 atom stereocenters. The molecule has 1 rings (SSSR count). The molecule has 0 aromatic heterocycles. The van der Waals surface area contributed by atoms with Crippen LogP contribution in [0.1, 0.15) is 20.8 Å². The predicted molar refractivity (Wildman–Crippen MR) is 70.0 cm³/mol. The summed E-state index contributed by atoms with van der Waals surface area (Å²) in [6, 6.07) is 0. The van der Waals surface area contributed by atoms with E-state index in [4.69, 9.17) is 9.47 Å². The fourth-order valence-electron chi connectivity index (χ4n) is 1.59. The van der Waals surface area contributed by atoms with Crippen molar-refractivity contribution in [3.05, 3.63) is 12.2 Å². The van der Waals surface area contributed by atoms with Gasteiger partial charge in [-0.15, -0.1) is 0 Å². The Hall–Kier alpha value is -1.31. The molecule has 18 heavy (non-hydrogen) atoms. The molecular weight excluding hydrogens is 230 g/mol. The zero-order chi connectivity index (χ0) is 13.6. The predicted octanol–water partition coefficient (Wildman–Crippen LogP) is 1.22. The highest BCUT2D eigenvalue weighted by Gasteiger charge is 2.26. The topological polar surface area (TPSA) is 38.8 Å². The summed E-state index contributed by atoms with van der Waals surface area (Å²) in [5.41, 5.74) is -0.162. The lowest BCUT2D eigenvalue weighted by atomic mass is 9.99. The van der Waals surface area contributed by atoms with Crippen LogP contribution in [-0.2, 0) is 14.3 Å². The Morgan fingerprint density at radius 1 is 1.44 bits per heavy atom. The van der Waals surface area contributed by atoms with Gasteiger partial charge in [-0.3, -0.25) is 9.69 Å². The molecule has 1 aliphatic heterocycles. The highest BCUT2D eigenvalue weighted by molar-refractivity contribution is 5.67. The summed E-state index contributed by atoms with van der Waals surface area (Å²) in [5, 5.41) is 0. The first kappa shape index (κ1) is 14.7. The Kier molecular flexibility index (Phi) is 5.39. The first-order valence-corrected chi connectivity index (χ1v) is 6.10. The molecule has 1 heterocycles. The zero-order valence-electron chi connectivity index (χ0n) is 11.4. The van der Waals surface area contributed by atoms with Gasteiger partial charge < -0.3 is 9.47 Å². The number of hydrogen-bond acceptors (Lipinski definition) is 4. The Morgan fingerprint density at radius 3 is 2.56 bits per heavy atom. The molecule has 1 fully saturated rings.